The number of hydrogen-bond acceptors (Lipinski definition) is 4. The van der Waals surface area contributed by atoms with E-state index in [0.29, 0.717) is 27.3 Å². The molecule has 1 aromatic heterocycles. The van der Waals surface area contributed by atoms with E-state index >= 15 is 0 Å². The van der Waals surface area contributed by atoms with Gasteiger partial charge >= 0.3 is 0 Å². The first-order valence-electron chi connectivity index (χ1n) is 10.9. The molecule has 180 valence electrons. The maximum atomic E-state index is 13.5. The lowest BCUT2D eigenvalue weighted by atomic mass is 10.1. The average Bonchev–Trinajstić information content (AvgIpc) is 3.28. The van der Waals surface area contributed by atoms with Crippen LogP contribution in [0.4, 0.5) is 5.69 Å². The highest BCUT2D eigenvalue weighted by atomic mass is 35.5. The topological polar surface area (TPSA) is 62.9 Å². The first-order valence-corrected chi connectivity index (χ1v) is 13.1. The monoisotopic (exact) mass is 526 g/mol. The Kier molecular flexibility index (Phi) is 7.77. The molecular formula is C27H24Cl2N2O3S. The normalized spacial score (nSPS) is 12.0. The lowest BCUT2D eigenvalue weighted by Crippen LogP contribution is -2.30. The highest BCUT2D eigenvalue weighted by Crippen LogP contribution is 2.25. The molecule has 1 heterocycles. The molecule has 5 nitrogen and oxygen atoms in total. The predicted octanol–water partition coefficient (Wildman–Crippen LogP) is 7.34. The molecule has 0 radical (unpaired) electrons. The van der Waals surface area contributed by atoms with Crippen molar-refractivity contribution in [3.8, 4) is 0 Å². The van der Waals surface area contributed by atoms with Crippen molar-refractivity contribution in [2.75, 3.05) is 0 Å². The molecule has 4 aromatic rings. The molecule has 0 atom stereocenters. The Labute approximate surface area is 215 Å². The summed E-state index contributed by atoms with van der Waals surface area (Å²) >= 11 is 12.1. The van der Waals surface area contributed by atoms with Crippen LogP contribution in [0.15, 0.2) is 93.2 Å². The van der Waals surface area contributed by atoms with Crippen molar-refractivity contribution in [2.24, 2.45) is 4.99 Å². The predicted molar refractivity (Wildman–Crippen MR) is 141 cm³/mol. The van der Waals surface area contributed by atoms with Gasteiger partial charge in [-0.05, 0) is 73.5 Å². The van der Waals surface area contributed by atoms with Crippen LogP contribution < -0.4 is 0 Å². The summed E-state index contributed by atoms with van der Waals surface area (Å²) in [4.78, 5) is 4.57. The number of halogens is 2. The molecule has 0 unspecified atom stereocenters. The summed E-state index contributed by atoms with van der Waals surface area (Å²) in [5, 5.41) is 1.11. The van der Waals surface area contributed by atoms with Gasteiger partial charge in [-0.3, -0.25) is 4.99 Å². The molecule has 0 aliphatic carbocycles. The van der Waals surface area contributed by atoms with E-state index in [4.69, 9.17) is 27.6 Å². The van der Waals surface area contributed by atoms with E-state index in [-0.39, 0.29) is 18.0 Å². The Morgan fingerprint density at radius 1 is 0.886 bits per heavy atom. The number of nitrogens with zero attached hydrogens (tertiary/aromatic N) is 2. The second kappa shape index (κ2) is 10.8. The number of rotatable bonds is 8. The largest absolute Gasteiger partial charge is 0.459 e. The smallest absolute Gasteiger partial charge is 0.243 e. The Hall–Kier alpha value is -2.90. The molecule has 4 rings (SSSR count). The van der Waals surface area contributed by atoms with Gasteiger partial charge in [0.15, 0.2) is 0 Å². The van der Waals surface area contributed by atoms with Crippen molar-refractivity contribution in [1.82, 2.24) is 4.31 Å². The fourth-order valence-corrected chi connectivity index (χ4v) is 5.10. The maximum Gasteiger partial charge on any atom is 0.243 e. The standard InChI is InChI=1S/C27H24Cl2N2O3S/c1-19-3-6-21(7-4-19)17-31(35(32,33)26-13-8-22(28)9-14-26)18-25-12-11-24(34-25)16-30-23-10-5-20(2)27(29)15-23/h3-16H,17-18H2,1-2H3. The Balaban J connectivity index is 1.58. The van der Waals surface area contributed by atoms with Crippen LogP contribution in [0.1, 0.15) is 28.2 Å². The van der Waals surface area contributed by atoms with Gasteiger partial charge in [0.1, 0.15) is 11.5 Å². The first kappa shape index (κ1) is 25.2. The Bertz CT molecular complexity index is 1440. The lowest BCUT2D eigenvalue weighted by Gasteiger charge is -2.21. The molecule has 0 N–H and O–H groups in total. The summed E-state index contributed by atoms with van der Waals surface area (Å²) in [6.07, 6.45) is 1.59. The van der Waals surface area contributed by atoms with E-state index in [1.807, 2.05) is 50.2 Å². The van der Waals surface area contributed by atoms with E-state index in [1.54, 1.807) is 36.5 Å². The van der Waals surface area contributed by atoms with E-state index in [9.17, 15) is 8.42 Å². The van der Waals surface area contributed by atoms with E-state index < -0.39 is 10.0 Å². The molecular weight excluding hydrogens is 503 g/mol. The molecule has 0 aliphatic heterocycles. The van der Waals surface area contributed by atoms with Crippen LogP contribution in [0.2, 0.25) is 10.0 Å². The third kappa shape index (κ3) is 6.41. The molecule has 0 fully saturated rings. The van der Waals surface area contributed by atoms with Crippen LogP contribution >= 0.6 is 23.2 Å². The van der Waals surface area contributed by atoms with Gasteiger partial charge < -0.3 is 4.42 Å². The quantitative estimate of drug-likeness (QED) is 0.225. The third-order valence-electron chi connectivity index (χ3n) is 5.44. The van der Waals surface area contributed by atoms with Crippen molar-refractivity contribution in [3.63, 3.8) is 0 Å². The average molecular weight is 527 g/mol. The summed E-state index contributed by atoms with van der Waals surface area (Å²) in [6.45, 7) is 4.16. The van der Waals surface area contributed by atoms with Crippen molar-refractivity contribution in [3.05, 3.63) is 117 Å². The fraction of sp³-hybridized carbons (Fsp3) is 0.148. The van der Waals surface area contributed by atoms with Crippen molar-refractivity contribution < 1.29 is 12.8 Å². The van der Waals surface area contributed by atoms with Crippen LogP contribution in [0.25, 0.3) is 0 Å². The molecule has 0 bridgehead atoms. The van der Waals surface area contributed by atoms with Gasteiger partial charge in [0.25, 0.3) is 0 Å². The van der Waals surface area contributed by atoms with Crippen LogP contribution in [0.3, 0.4) is 0 Å². The SMILES string of the molecule is Cc1ccc(CN(Cc2ccc(C=Nc3ccc(C)c(Cl)c3)o2)S(=O)(=O)c2ccc(Cl)cc2)cc1. The van der Waals surface area contributed by atoms with E-state index in [2.05, 4.69) is 4.99 Å². The maximum absolute atomic E-state index is 13.5. The number of aliphatic imine (C=N–C) groups is 1. The second-order valence-corrected chi connectivity index (χ2v) is 11.0. The number of sulfonamides is 1. The summed E-state index contributed by atoms with van der Waals surface area (Å²) in [6, 6.07) is 23.0. The summed E-state index contributed by atoms with van der Waals surface area (Å²) in [7, 11) is -3.81. The Morgan fingerprint density at radius 3 is 2.29 bits per heavy atom. The second-order valence-electron chi connectivity index (χ2n) is 8.21. The minimum absolute atomic E-state index is 0.0586. The highest BCUT2D eigenvalue weighted by molar-refractivity contribution is 7.89. The van der Waals surface area contributed by atoms with Crippen molar-refractivity contribution in [1.29, 1.82) is 0 Å². The molecule has 35 heavy (non-hydrogen) atoms. The van der Waals surface area contributed by atoms with Crippen LogP contribution in [-0.4, -0.2) is 18.9 Å². The van der Waals surface area contributed by atoms with E-state index in [0.717, 1.165) is 16.7 Å². The van der Waals surface area contributed by atoms with Crippen LogP contribution in [0.5, 0.6) is 0 Å². The van der Waals surface area contributed by atoms with Gasteiger partial charge in [-0.2, -0.15) is 4.31 Å². The van der Waals surface area contributed by atoms with Gasteiger partial charge in [0.2, 0.25) is 10.0 Å². The van der Waals surface area contributed by atoms with Gasteiger partial charge in [0.05, 0.1) is 23.3 Å². The van der Waals surface area contributed by atoms with Crippen molar-refractivity contribution in [2.45, 2.75) is 31.8 Å². The molecule has 3 aromatic carbocycles. The molecule has 0 amide bonds. The zero-order chi connectivity index (χ0) is 25.0. The molecule has 0 aliphatic rings. The first-order chi connectivity index (χ1) is 16.7. The lowest BCUT2D eigenvalue weighted by molar-refractivity contribution is 0.357. The summed E-state index contributed by atoms with van der Waals surface area (Å²) < 4.78 is 34.3. The number of furan rings is 1. The Morgan fingerprint density at radius 2 is 1.60 bits per heavy atom. The zero-order valence-corrected chi connectivity index (χ0v) is 21.6. The molecule has 0 spiro atoms. The minimum Gasteiger partial charge on any atom is -0.459 e. The molecule has 0 saturated carbocycles. The van der Waals surface area contributed by atoms with Gasteiger partial charge in [-0.25, -0.2) is 8.42 Å². The number of aryl methyl sites for hydroxylation is 2. The fourth-order valence-electron chi connectivity index (χ4n) is 3.40. The summed E-state index contributed by atoms with van der Waals surface area (Å²) in [5.74, 6) is 1.01. The van der Waals surface area contributed by atoms with Crippen LogP contribution in [-0.2, 0) is 23.1 Å². The number of benzene rings is 3. The van der Waals surface area contributed by atoms with Gasteiger partial charge in [-0.15, -0.1) is 0 Å². The third-order valence-corrected chi connectivity index (χ3v) is 7.91. The number of hydrogen-bond donors (Lipinski definition) is 0. The van der Waals surface area contributed by atoms with Gasteiger partial charge in [-0.1, -0.05) is 59.1 Å². The van der Waals surface area contributed by atoms with Gasteiger partial charge in [0, 0.05) is 16.6 Å². The molecule has 8 heteroatoms. The minimum atomic E-state index is -3.81. The zero-order valence-electron chi connectivity index (χ0n) is 19.3. The highest BCUT2D eigenvalue weighted by Gasteiger charge is 2.26. The van der Waals surface area contributed by atoms with Crippen LogP contribution in [0, 0.1) is 13.8 Å². The summed E-state index contributed by atoms with van der Waals surface area (Å²) in [5.41, 5.74) is 3.65. The van der Waals surface area contributed by atoms with Crippen molar-refractivity contribution >= 4 is 45.1 Å². The molecule has 0 saturated heterocycles. The van der Waals surface area contributed by atoms with E-state index in [1.165, 1.54) is 16.4 Å².